The number of nitrogens with one attached hydrogen (secondary N) is 1. The Morgan fingerprint density at radius 1 is 1.53 bits per heavy atom. The second-order valence-corrected chi connectivity index (χ2v) is 4.39. The van der Waals surface area contributed by atoms with Gasteiger partial charge in [-0.2, -0.15) is 5.10 Å². The largest absolute Gasteiger partial charge is 0.377 e. The topological polar surface area (TPSA) is 72.7 Å². The van der Waals surface area contributed by atoms with E-state index >= 15 is 0 Å². The molecule has 0 bridgehead atoms. The van der Waals surface area contributed by atoms with Crippen LogP contribution in [0.3, 0.4) is 0 Å². The molecule has 0 aromatic carbocycles. The molecule has 0 aliphatic carbocycles. The summed E-state index contributed by atoms with van der Waals surface area (Å²) < 4.78 is 1.60. The third-order valence-corrected chi connectivity index (χ3v) is 3.10. The van der Waals surface area contributed by atoms with Gasteiger partial charge in [-0.1, -0.05) is 5.92 Å². The van der Waals surface area contributed by atoms with E-state index < -0.39 is 0 Å². The van der Waals surface area contributed by atoms with E-state index in [9.17, 15) is 4.79 Å². The van der Waals surface area contributed by atoms with E-state index in [0.717, 1.165) is 5.69 Å². The molecule has 2 aromatic heterocycles. The molecule has 6 nitrogen and oxygen atoms in total. The van der Waals surface area contributed by atoms with Crippen LogP contribution < -0.4 is 10.9 Å². The molecule has 0 fully saturated rings. The van der Waals surface area contributed by atoms with Gasteiger partial charge in [0.1, 0.15) is 17.3 Å². The monoisotopic (exact) mass is 319 g/mol. The van der Waals surface area contributed by atoms with Crippen LogP contribution in [0.1, 0.15) is 5.69 Å². The molecule has 1 N–H and O–H groups in total. The molecule has 0 unspecified atom stereocenters. The maximum atomic E-state index is 11.9. The fraction of sp³-hybridized carbons (Fsp3) is 0.167. The van der Waals surface area contributed by atoms with E-state index in [1.54, 1.807) is 18.5 Å². The highest BCUT2D eigenvalue weighted by Gasteiger charge is 2.08. The summed E-state index contributed by atoms with van der Waals surface area (Å²) in [6.07, 6.45) is 9.83. The maximum Gasteiger partial charge on any atom is 0.284 e. The van der Waals surface area contributed by atoms with Crippen LogP contribution in [0.5, 0.6) is 0 Å². The van der Waals surface area contributed by atoms with Gasteiger partial charge in [0.2, 0.25) is 0 Å². The fourth-order valence-corrected chi connectivity index (χ4v) is 1.84. The Labute approximate surface area is 118 Å². The molecule has 2 rings (SSSR count). The molecular formula is C12H10BrN5O. The van der Waals surface area contributed by atoms with Crippen LogP contribution in [0, 0.1) is 12.3 Å². The van der Waals surface area contributed by atoms with Gasteiger partial charge in [0, 0.05) is 6.20 Å². The Bertz CT molecular complexity index is 662. The molecule has 0 radical (unpaired) electrons. The van der Waals surface area contributed by atoms with Gasteiger partial charge in [-0.05, 0) is 22.0 Å². The van der Waals surface area contributed by atoms with E-state index in [1.165, 1.54) is 11.0 Å². The van der Waals surface area contributed by atoms with Gasteiger partial charge in [0.05, 0.1) is 24.1 Å². The standard InChI is InChI=1S/C12H10BrN5O/c1-2-5-18-12(19)11(13)10(7-17-18)15-6-9-3-4-14-8-16-9/h1,3-4,7-8,15H,5-6H2. The Morgan fingerprint density at radius 2 is 2.37 bits per heavy atom. The van der Waals surface area contributed by atoms with Crippen molar-refractivity contribution in [2.24, 2.45) is 0 Å². The van der Waals surface area contributed by atoms with Gasteiger partial charge in [-0.15, -0.1) is 6.42 Å². The van der Waals surface area contributed by atoms with Crippen LogP contribution in [0.4, 0.5) is 5.69 Å². The summed E-state index contributed by atoms with van der Waals surface area (Å²) in [7, 11) is 0. The van der Waals surface area contributed by atoms with Crippen molar-refractivity contribution >= 4 is 21.6 Å². The van der Waals surface area contributed by atoms with Crippen LogP contribution in [-0.2, 0) is 13.1 Å². The first kappa shape index (κ1) is 13.2. The normalized spacial score (nSPS) is 9.89. The highest BCUT2D eigenvalue weighted by molar-refractivity contribution is 9.10. The van der Waals surface area contributed by atoms with Crippen LogP contribution in [0.15, 0.2) is 34.1 Å². The highest BCUT2D eigenvalue weighted by Crippen LogP contribution is 2.16. The zero-order valence-electron chi connectivity index (χ0n) is 9.88. The molecule has 19 heavy (non-hydrogen) atoms. The quantitative estimate of drug-likeness (QED) is 0.852. The Balaban J connectivity index is 2.16. The number of hydrogen-bond donors (Lipinski definition) is 1. The predicted molar refractivity (Wildman–Crippen MR) is 74.4 cm³/mol. The maximum absolute atomic E-state index is 11.9. The second kappa shape index (κ2) is 6.11. The number of anilines is 1. The minimum atomic E-state index is -0.273. The van der Waals surface area contributed by atoms with E-state index in [0.29, 0.717) is 16.7 Å². The van der Waals surface area contributed by atoms with Gasteiger partial charge in [-0.3, -0.25) is 4.79 Å². The van der Waals surface area contributed by atoms with Crippen molar-refractivity contribution in [1.29, 1.82) is 0 Å². The van der Waals surface area contributed by atoms with Crippen LogP contribution >= 0.6 is 15.9 Å². The molecular weight excluding hydrogens is 310 g/mol. The Hall–Kier alpha value is -2.20. The van der Waals surface area contributed by atoms with Crippen molar-refractivity contribution in [1.82, 2.24) is 19.7 Å². The van der Waals surface area contributed by atoms with Crippen molar-refractivity contribution in [3.05, 3.63) is 45.3 Å². The molecule has 0 amide bonds. The van der Waals surface area contributed by atoms with Gasteiger partial charge >= 0.3 is 0 Å². The average molecular weight is 320 g/mol. The molecule has 0 atom stereocenters. The summed E-state index contributed by atoms with van der Waals surface area (Å²) in [6, 6.07) is 1.79. The predicted octanol–water partition coefficient (Wildman–Crippen LogP) is 1.04. The molecule has 2 heterocycles. The van der Waals surface area contributed by atoms with Crippen LogP contribution in [0.2, 0.25) is 0 Å². The molecule has 0 aliphatic heterocycles. The van der Waals surface area contributed by atoms with E-state index in [1.807, 2.05) is 0 Å². The van der Waals surface area contributed by atoms with E-state index in [-0.39, 0.29) is 12.1 Å². The number of nitrogens with zero attached hydrogens (tertiary/aromatic N) is 4. The van der Waals surface area contributed by atoms with Crippen LogP contribution in [0.25, 0.3) is 0 Å². The third kappa shape index (κ3) is 3.17. The lowest BCUT2D eigenvalue weighted by molar-refractivity contribution is 0.659. The number of hydrogen-bond acceptors (Lipinski definition) is 5. The Kier molecular flexibility index (Phi) is 4.26. The molecule has 0 saturated heterocycles. The van der Waals surface area contributed by atoms with Crippen molar-refractivity contribution < 1.29 is 0 Å². The first-order chi connectivity index (χ1) is 9.22. The van der Waals surface area contributed by atoms with Gasteiger partial charge in [0.25, 0.3) is 5.56 Å². The molecule has 96 valence electrons. The minimum absolute atomic E-state index is 0.142. The summed E-state index contributed by atoms with van der Waals surface area (Å²) in [5.41, 5.74) is 1.14. The zero-order valence-corrected chi connectivity index (χ0v) is 11.5. The summed E-state index contributed by atoms with van der Waals surface area (Å²) in [5.74, 6) is 2.37. The molecule has 2 aromatic rings. The molecule has 0 saturated carbocycles. The molecule has 7 heteroatoms. The van der Waals surface area contributed by atoms with Crippen molar-refractivity contribution in [2.75, 3.05) is 5.32 Å². The SMILES string of the molecule is C#CCn1ncc(NCc2ccncn2)c(Br)c1=O. The molecule has 0 aliphatic rings. The average Bonchev–Trinajstić information content (AvgIpc) is 2.44. The lowest BCUT2D eigenvalue weighted by Gasteiger charge is -2.08. The van der Waals surface area contributed by atoms with Crippen molar-refractivity contribution in [3.63, 3.8) is 0 Å². The van der Waals surface area contributed by atoms with E-state index in [4.69, 9.17) is 6.42 Å². The first-order valence-electron chi connectivity index (χ1n) is 5.40. The number of rotatable bonds is 4. The summed E-state index contributed by atoms with van der Waals surface area (Å²) >= 11 is 3.24. The highest BCUT2D eigenvalue weighted by atomic mass is 79.9. The first-order valence-corrected chi connectivity index (χ1v) is 6.19. The third-order valence-electron chi connectivity index (χ3n) is 2.33. The second-order valence-electron chi connectivity index (χ2n) is 3.59. The lowest BCUT2D eigenvalue weighted by Crippen LogP contribution is -2.24. The smallest absolute Gasteiger partial charge is 0.284 e. The lowest BCUT2D eigenvalue weighted by atomic mass is 10.4. The minimum Gasteiger partial charge on any atom is -0.377 e. The van der Waals surface area contributed by atoms with Gasteiger partial charge in [-0.25, -0.2) is 14.6 Å². The summed E-state index contributed by atoms with van der Waals surface area (Å²) in [5, 5.41) is 7.05. The number of terminal acetylenes is 1. The van der Waals surface area contributed by atoms with Gasteiger partial charge < -0.3 is 5.32 Å². The van der Waals surface area contributed by atoms with Crippen molar-refractivity contribution in [3.8, 4) is 12.3 Å². The molecule has 0 spiro atoms. The Morgan fingerprint density at radius 3 is 3.05 bits per heavy atom. The fourth-order valence-electron chi connectivity index (χ4n) is 1.40. The van der Waals surface area contributed by atoms with Gasteiger partial charge in [0.15, 0.2) is 0 Å². The zero-order chi connectivity index (χ0) is 13.7. The van der Waals surface area contributed by atoms with Crippen LogP contribution in [-0.4, -0.2) is 19.7 Å². The van der Waals surface area contributed by atoms with E-state index in [2.05, 4.69) is 42.2 Å². The summed E-state index contributed by atoms with van der Waals surface area (Å²) in [6.45, 7) is 0.616. The summed E-state index contributed by atoms with van der Waals surface area (Å²) in [4.78, 5) is 19.8. The number of aromatic nitrogens is 4. The number of halogens is 1. The van der Waals surface area contributed by atoms with Crippen molar-refractivity contribution in [2.45, 2.75) is 13.1 Å².